The van der Waals surface area contributed by atoms with Crippen molar-refractivity contribution in [3.05, 3.63) is 29.8 Å². The molecule has 3 rings (SSSR count). The molecule has 118 valence electrons. The van der Waals surface area contributed by atoms with Gasteiger partial charge in [-0.15, -0.1) is 0 Å². The normalized spacial score (nSPS) is 32.0. The average Bonchev–Trinajstić information content (AvgIpc) is 2.73. The molecule has 2 aliphatic rings. The van der Waals surface area contributed by atoms with Crippen LogP contribution in [0.3, 0.4) is 0 Å². The fourth-order valence-electron chi connectivity index (χ4n) is 3.56. The van der Waals surface area contributed by atoms with E-state index in [1.807, 2.05) is 0 Å². The Balaban J connectivity index is 1.96. The van der Waals surface area contributed by atoms with Gasteiger partial charge >= 0.3 is 5.97 Å². The number of anilines is 1. The standard InChI is InChI=1S/C16H17F2NO3/c1-14(2)15(3)6-7-16(14,22-13(15)21)12(20)19-11-8-9(17)4-5-10(11)18/h4-5,8H,6-7H2,1-3H3,(H,19,20)/t15-,16+/m1/s1. The lowest BCUT2D eigenvalue weighted by Crippen LogP contribution is -2.50. The molecule has 0 spiro atoms. The Hall–Kier alpha value is -1.98. The topological polar surface area (TPSA) is 55.4 Å². The maximum absolute atomic E-state index is 13.7. The third-order valence-corrected chi connectivity index (χ3v) is 5.63. The number of carbonyl (C=O) groups is 2. The quantitative estimate of drug-likeness (QED) is 0.854. The highest BCUT2D eigenvalue weighted by atomic mass is 19.1. The zero-order valence-electron chi connectivity index (χ0n) is 12.6. The minimum Gasteiger partial charge on any atom is -0.448 e. The van der Waals surface area contributed by atoms with Crippen molar-refractivity contribution in [1.29, 1.82) is 0 Å². The number of esters is 1. The van der Waals surface area contributed by atoms with E-state index >= 15 is 0 Å². The molecule has 1 N–H and O–H groups in total. The van der Waals surface area contributed by atoms with Crippen molar-refractivity contribution in [2.45, 2.75) is 39.2 Å². The van der Waals surface area contributed by atoms with Gasteiger partial charge in [-0.25, -0.2) is 8.78 Å². The minimum absolute atomic E-state index is 0.258. The molecule has 1 aliphatic carbocycles. The molecule has 0 radical (unpaired) electrons. The molecule has 2 fully saturated rings. The molecule has 1 aromatic rings. The third kappa shape index (κ3) is 1.61. The maximum Gasteiger partial charge on any atom is 0.313 e. The van der Waals surface area contributed by atoms with Gasteiger partial charge in [-0.05, 0) is 31.9 Å². The second-order valence-corrected chi connectivity index (χ2v) is 6.75. The molecule has 4 nitrogen and oxygen atoms in total. The van der Waals surface area contributed by atoms with E-state index in [1.165, 1.54) is 0 Å². The number of hydrogen-bond donors (Lipinski definition) is 1. The smallest absolute Gasteiger partial charge is 0.313 e. The number of benzene rings is 1. The summed E-state index contributed by atoms with van der Waals surface area (Å²) in [6.07, 6.45) is 0.892. The molecule has 1 aliphatic heterocycles. The summed E-state index contributed by atoms with van der Waals surface area (Å²) in [5.41, 5.74) is -3.08. The Labute approximate surface area is 126 Å². The van der Waals surface area contributed by atoms with Crippen LogP contribution in [0.5, 0.6) is 0 Å². The first kappa shape index (κ1) is 14.9. The summed E-state index contributed by atoms with van der Waals surface area (Å²) < 4.78 is 32.3. The summed E-state index contributed by atoms with van der Waals surface area (Å²) >= 11 is 0. The lowest BCUT2D eigenvalue weighted by molar-refractivity contribution is -0.165. The fourth-order valence-corrected chi connectivity index (χ4v) is 3.56. The Morgan fingerprint density at radius 3 is 2.45 bits per heavy atom. The fraction of sp³-hybridized carbons (Fsp3) is 0.500. The number of amides is 1. The van der Waals surface area contributed by atoms with Crippen molar-refractivity contribution in [3.63, 3.8) is 0 Å². The largest absolute Gasteiger partial charge is 0.448 e. The van der Waals surface area contributed by atoms with Crippen molar-refractivity contribution >= 4 is 17.6 Å². The first-order valence-corrected chi connectivity index (χ1v) is 7.14. The van der Waals surface area contributed by atoms with Crippen molar-refractivity contribution < 1.29 is 23.1 Å². The number of nitrogens with one attached hydrogen (secondary N) is 1. The van der Waals surface area contributed by atoms with Crippen LogP contribution < -0.4 is 5.32 Å². The Kier molecular flexibility index (Phi) is 2.90. The molecule has 0 aromatic heterocycles. The van der Waals surface area contributed by atoms with Gasteiger partial charge in [0.2, 0.25) is 0 Å². The van der Waals surface area contributed by atoms with Gasteiger partial charge in [0.1, 0.15) is 11.6 Å². The zero-order chi connectivity index (χ0) is 16.3. The number of carbonyl (C=O) groups excluding carboxylic acids is 2. The Morgan fingerprint density at radius 1 is 1.23 bits per heavy atom. The predicted molar refractivity (Wildman–Crippen MR) is 74.9 cm³/mol. The van der Waals surface area contributed by atoms with Crippen LogP contribution in [-0.2, 0) is 14.3 Å². The molecule has 1 amide bonds. The van der Waals surface area contributed by atoms with Crippen molar-refractivity contribution in [2.24, 2.45) is 10.8 Å². The number of ether oxygens (including phenoxy) is 1. The molecular formula is C16H17F2NO3. The van der Waals surface area contributed by atoms with Gasteiger partial charge in [0.05, 0.1) is 11.1 Å². The summed E-state index contributed by atoms with van der Waals surface area (Å²) in [4.78, 5) is 24.8. The summed E-state index contributed by atoms with van der Waals surface area (Å²) in [7, 11) is 0. The SMILES string of the molecule is CC1(C)[C@@]2(C(=O)Nc3cc(F)ccc3F)CC[C@]1(C)C(=O)O2. The molecule has 6 heteroatoms. The molecule has 22 heavy (non-hydrogen) atoms. The Bertz CT molecular complexity index is 688. The van der Waals surface area contributed by atoms with E-state index in [2.05, 4.69) is 5.32 Å². The van der Waals surface area contributed by atoms with Gasteiger partial charge < -0.3 is 10.1 Å². The third-order valence-electron chi connectivity index (χ3n) is 5.63. The molecule has 2 atom stereocenters. The van der Waals surface area contributed by atoms with Crippen LogP contribution >= 0.6 is 0 Å². The highest BCUT2D eigenvalue weighted by Crippen LogP contribution is 2.65. The van der Waals surface area contributed by atoms with Crippen LogP contribution in [0.2, 0.25) is 0 Å². The van der Waals surface area contributed by atoms with Crippen molar-refractivity contribution in [3.8, 4) is 0 Å². The highest BCUT2D eigenvalue weighted by Gasteiger charge is 2.75. The lowest BCUT2D eigenvalue weighted by atomic mass is 9.66. The second-order valence-electron chi connectivity index (χ2n) is 6.75. The minimum atomic E-state index is -1.35. The van der Waals surface area contributed by atoms with Gasteiger partial charge in [-0.1, -0.05) is 13.8 Å². The van der Waals surface area contributed by atoms with Gasteiger partial charge in [-0.2, -0.15) is 0 Å². The summed E-state index contributed by atoms with van der Waals surface area (Å²) in [5.74, 6) is -2.43. The van der Waals surface area contributed by atoms with Crippen LogP contribution in [-0.4, -0.2) is 17.5 Å². The zero-order valence-corrected chi connectivity index (χ0v) is 12.6. The first-order chi connectivity index (χ1) is 10.1. The van der Waals surface area contributed by atoms with Crippen molar-refractivity contribution in [1.82, 2.24) is 0 Å². The first-order valence-electron chi connectivity index (χ1n) is 7.14. The van der Waals surface area contributed by atoms with Gasteiger partial charge in [0.25, 0.3) is 5.91 Å². The predicted octanol–water partition coefficient (Wildman–Crippen LogP) is 3.03. The van der Waals surface area contributed by atoms with E-state index in [4.69, 9.17) is 4.74 Å². The lowest BCUT2D eigenvalue weighted by Gasteiger charge is -2.35. The van der Waals surface area contributed by atoms with Crippen LogP contribution in [0.25, 0.3) is 0 Å². The number of halogens is 2. The van der Waals surface area contributed by atoms with Crippen LogP contribution in [0.1, 0.15) is 33.6 Å². The van der Waals surface area contributed by atoms with E-state index < -0.39 is 39.9 Å². The van der Waals surface area contributed by atoms with E-state index in [0.717, 1.165) is 18.2 Å². The Morgan fingerprint density at radius 2 is 1.91 bits per heavy atom. The van der Waals surface area contributed by atoms with Crippen molar-refractivity contribution in [2.75, 3.05) is 5.32 Å². The molecule has 2 bridgehead atoms. The van der Waals surface area contributed by atoms with E-state index in [9.17, 15) is 18.4 Å². The van der Waals surface area contributed by atoms with E-state index in [0.29, 0.717) is 12.8 Å². The van der Waals surface area contributed by atoms with Gasteiger partial charge in [-0.3, -0.25) is 9.59 Å². The monoisotopic (exact) mass is 309 g/mol. The molecule has 1 heterocycles. The van der Waals surface area contributed by atoms with Crippen LogP contribution in [0.4, 0.5) is 14.5 Å². The molecule has 0 unspecified atom stereocenters. The number of rotatable bonds is 2. The average molecular weight is 309 g/mol. The summed E-state index contributed by atoms with van der Waals surface area (Å²) in [6.45, 7) is 5.37. The number of fused-ring (bicyclic) bond motifs is 2. The molecule has 1 saturated heterocycles. The van der Waals surface area contributed by atoms with Crippen LogP contribution in [0.15, 0.2) is 18.2 Å². The molecular weight excluding hydrogens is 292 g/mol. The maximum atomic E-state index is 13.7. The van der Waals surface area contributed by atoms with Crippen LogP contribution in [0, 0.1) is 22.5 Å². The second kappa shape index (κ2) is 4.27. The highest BCUT2D eigenvalue weighted by molar-refractivity contribution is 6.03. The molecule has 1 saturated carbocycles. The summed E-state index contributed by atoms with van der Waals surface area (Å²) in [6, 6.07) is 2.81. The van der Waals surface area contributed by atoms with Gasteiger partial charge in [0, 0.05) is 11.5 Å². The summed E-state index contributed by atoms with van der Waals surface area (Å²) in [5, 5.41) is 2.37. The van der Waals surface area contributed by atoms with E-state index in [1.54, 1.807) is 20.8 Å². The number of hydrogen-bond acceptors (Lipinski definition) is 3. The van der Waals surface area contributed by atoms with E-state index in [-0.39, 0.29) is 5.69 Å². The molecule has 1 aromatic carbocycles. The van der Waals surface area contributed by atoms with Gasteiger partial charge in [0.15, 0.2) is 5.60 Å².